The molecule has 0 bridgehead atoms. The van der Waals surface area contributed by atoms with Gasteiger partial charge >= 0.3 is 5.69 Å². The zero-order chi connectivity index (χ0) is 25.4. The summed E-state index contributed by atoms with van der Waals surface area (Å²) in [6.07, 6.45) is 5.58. The number of hydrogen-bond acceptors (Lipinski definition) is 7. The van der Waals surface area contributed by atoms with Gasteiger partial charge in [0.1, 0.15) is 17.4 Å². The summed E-state index contributed by atoms with van der Waals surface area (Å²) in [4.78, 5) is 25.2. The number of aromatic nitrogens is 2. The van der Waals surface area contributed by atoms with Crippen molar-refractivity contribution in [3.63, 3.8) is 0 Å². The third-order valence-corrected chi connectivity index (χ3v) is 6.24. The van der Waals surface area contributed by atoms with Gasteiger partial charge in [0.15, 0.2) is 11.6 Å². The topological polar surface area (TPSA) is 146 Å². The Hall–Kier alpha value is -3.58. The molecule has 1 aliphatic rings. The number of allylic oxidation sites excluding steroid dienone is 2. The number of nitrogens with two attached hydrogens (primary N) is 1. The number of aliphatic hydroxyl groups is 1. The van der Waals surface area contributed by atoms with E-state index in [1.807, 2.05) is 13.0 Å². The van der Waals surface area contributed by atoms with Crippen LogP contribution in [-0.4, -0.2) is 27.8 Å². The molecule has 1 aromatic heterocycles. The Balaban J connectivity index is 1.62. The fourth-order valence-corrected chi connectivity index (χ4v) is 3.67. The van der Waals surface area contributed by atoms with E-state index in [-0.39, 0.29) is 18.0 Å². The van der Waals surface area contributed by atoms with Crippen LogP contribution in [0.1, 0.15) is 51.0 Å². The molecule has 0 aliphatic heterocycles. The van der Waals surface area contributed by atoms with E-state index in [1.54, 1.807) is 0 Å². The number of nitrogens with one attached hydrogen (secondary N) is 2. The van der Waals surface area contributed by atoms with Crippen molar-refractivity contribution in [3.8, 4) is 11.8 Å². The fraction of sp³-hybridized carbons (Fsp3) is 0.480. The van der Waals surface area contributed by atoms with Crippen molar-refractivity contribution in [1.82, 2.24) is 14.9 Å². The molecule has 10 heteroatoms. The van der Waals surface area contributed by atoms with E-state index in [4.69, 9.17) is 10.5 Å². The Morgan fingerprint density at radius 1 is 1.37 bits per heavy atom. The van der Waals surface area contributed by atoms with E-state index >= 15 is 0 Å². The van der Waals surface area contributed by atoms with Crippen molar-refractivity contribution >= 4 is 0 Å². The van der Waals surface area contributed by atoms with Gasteiger partial charge in [-0.25, -0.2) is 9.18 Å². The highest BCUT2D eigenvalue weighted by molar-refractivity contribution is 5.34. The predicted octanol–water partition coefficient (Wildman–Crippen LogP) is 2.22. The molecule has 0 radical (unpaired) electrons. The van der Waals surface area contributed by atoms with Crippen LogP contribution in [0.4, 0.5) is 4.39 Å². The van der Waals surface area contributed by atoms with Crippen LogP contribution in [0, 0.1) is 23.1 Å². The molecule has 35 heavy (non-hydrogen) atoms. The van der Waals surface area contributed by atoms with Gasteiger partial charge in [0, 0.05) is 31.0 Å². The van der Waals surface area contributed by atoms with Crippen LogP contribution in [0.3, 0.4) is 0 Å². The Bertz CT molecular complexity index is 1210. The maximum Gasteiger partial charge on any atom is 0.328 e. The molecule has 188 valence electrons. The summed E-state index contributed by atoms with van der Waals surface area (Å²) in [5.41, 5.74) is 4.63. The molecule has 5 N–H and O–H groups in total. The van der Waals surface area contributed by atoms with Crippen molar-refractivity contribution in [1.29, 1.82) is 5.26 Å². The van der Waals surface area contributed by atoms with Gasteiger partial charge in [-0.2, -0.15) is 5.26 Å². The highest BCUT2D eigenvalue weighted by atomic mass is 19.1. The van der Waals surface area contributed by atoms with Crippen molar-refractivity contribution in [2.45, 2.75) is 57.6 Å². The van der Waals surface area contributed by atoms with Gasteiger partial charge in [-0.15, -0.1) is 0 Å². The number of unbranched alkanes of at least 4 members (excludes halogenated alkanes) is 1. The van der Waals surface area contributed by atoms with Crippen LogP contribution in [0.2, 0.25) is 0 Å². The number of ether oxygens (including phenoxy) is 1. The molecule has 0 spiro atoms. The van der Waals surface area contributed by atoms with Crippen molar-refractivity contribution in [2.75, 3.05) is 13.2 Å². The normalized spacial score (nSPS) is 15.6. The quantitative estimate of drug-likeness (QED) is 0.251. The molecule has 0 unspecified atom stereocenters. The van der Waals surface area contributed by atoms with E-state index in [0.717, 1.165) is 12.8 Å². The minimum absolute atomic E-state index is 0.0113. The smallest absolute Gasteiger partial charge is 0.328 e. The van der Waals surface area contributed by atoms with Crippen molar-refractivity contribution < 1.29 is 14.2 Å². The second kappa shape index (κ2) is 11.7. The standard InChI is InChI=1S/C25H32FN5O4/c1-2-25(34,18-8-9-19(26)22(13-18)35-15-17-6-7-17)16-29-21(20(28)14-27)5-3-4-11-31-12-10-23(32)30-24(31)33/h8-10,12-13,17,29,34H,2-7,11,15-16,28H2,1H3,(H,30,32,33)/b21-20-/t25-/m1/s1. The number of nitrogens with zero attached hydrogens (tertiary/aromatic N) is 2. The SMILES string of the molecule is CC[C@@](O)(CN/C(CCCCn1ccc(=O)[nH]c1=O)=C(\N)C#N)c1ccc(F)c(OCC2CC2)c1. The molecule has 1 fully saturated rings. The molecule has 1 saturated carbocycles. The first-order valence-corrected chi connectivity index (χ1v) is 11.8. The minimum atomic E-state index is -1.34. The number of benzene rings is 1. The molecule has 2 aromatic rings. The predicted molar refractivity (Wildman–Crippen MR) is 129 cm³/mol. The molecular weight excluding hydrogens is 453 g/mol. The molecule has 1 aromatic carbocycles. The van der Waals surface area contributed by atoms with Crippen LogP contribution in [0.25, 0.3) is 0 Å². The van der Waals surface area contributed by atoms with Crippen molar-refractivity contribution in [3.05, 3.63) is 74.1 Å². The number of halogens is 1. The highest BCUT2D eigenvalue weighted by Gasteiger charge is 2.29. The Morgan fingerprint density at radius 2 is 2.14 bits per heavy atom. The van der Waals surface area contributed by atoms with E-state index in [1.165, 1.54) is 35.0 Å². The van der Waals surface area contributed by atoms with Gasteiger partial charge in [-0.3, -0.25) is 9.78 Å². The maximum atomic E-state index is 14.2. The van der Waals surface area contributed by atoms with Gasteiger partial charge in [-0.1, -0.05) is 13.0 Å². The summed E-state index contributed by atoms with van der Waals surface area (Å²) in [7, 11) is 0. The molecule has 1 heterocycles. The summed E-state index contributed by atoms with van der Waals surface area (Å²) in [6, 6.07) is 7.56. The zero-order valence-electron chi connectivity index (χ0n) is 19.8. The summed E-state index contributed by atoms with van der Waals surface area (Å²) in [5, 5.41) is 23.7. The average Bonchev–Trinajstić information content (AvgIpc) is 3.68. The lowest BCUT2D eigenvalue weighted by Gasteiger charge is -2.29. The van der Waals surface area contributed by atoms with Crippen LogP contribution in [0.5, 0.6) is 5.75 Å². The summed E-state index contributed by atoms with van der Waals surface area (Å²) in [5.74, 6) is 0.108. The largest absolute Gasteiger partial charge is 0.490 e. The lowest BCUT2D eigenvalue weighted by Crippen LogP contribution is -2.38. The summed E-state index contributed by atoms with van der Waals surface area (Å²) in [6.45, 7) is 2.73. The third kappa shape index (κ3) is 7.20. The zero-order valence-corrected chi connectivity index (χ0v) is 19.8. The van der Waals surface area contributed by atoms with E-state index in [9.17, 15) is 24.3 Å². The van der Waals surface area contributed by atoms with Gasteiger partial charge in [0.05, 0.1) is 6.61 Å². The van der Waals surface area contributed by atoms with Gasteiger partial charge in [0.25, 0.3) is 5.56 Å². The third-order valence-electron chi connectivity index (χ3n) is 6.24. The molecule has 9 nitrogen and oxygen atoms in total. The molecule has 0 saturated heterocycles. The molecule has 1 aliphatic carbocycles. The first kappa shape index (κ1) is 26.0. The number of aryl methyl sites for hydroxylation is 1. The lowest BCUT2D eigenvalue weighted by molar-refractivity contribution is 0.0344. The van der Waals surface area contributed by atoms with E-state index in [0.29, 0.717) is 56.0 Å². The summed E-state index contributed by atoms with van der Waals surface area (Å²) >= 11 is 0. The van der Waals surface area contributed by atoms with Crippen LogP contribution < -0.4 is 27.0 Å². The van der Waals surface area contributed by atoms with Gasteiger partial charge < -0.3 is 25.5 Å². The van der Waals surface area contributed by atoms with Crippen LogP contribution in [-0.2, 0) is 12.1 Å². The second-order valence-electron chi connectivity index (χ2n) is 8.90. The van der Waals surface area contributed by atoms with E-state index in [2.05, 4.69) is 10.3 Å². The minimum Gasteiger partial charge on any atom is -0.490 e. The highest BCUT2D eigenvalue weighted by Crippen LogP contribution is 2.33. The Kier molecular flexibility index (Phi) is 8.71. The van der Waals surface area contributed by atoms with Crippen molar-refractivity contribution in [2.24, 2.45) is 11.7 Å². The van der Waals surface area contributed by atoms with Gasteiger partial charge in [-0.05, 0) is 62.1 Å². The fourth-order valence-electron chi connectivity index (χ4n) is 3.67. The Labute approximate surface area is 203 Å². The Morgan fingerprint density at radius 3 is 2.80 bits per heavy atom. The number of nitriles is 1. The number of hydrogen-bond donors (Lipinski definition) is 4. The monoisotopic (exact) mass is 485 g/mol. The molecular formula is C25H32FN5O4. The molecule has 3 rings (SSSR count). The first-order chi connectivity index (χ1) is 16.8. The first-order valence-electron chi connectivity index (χ1n) is 11.8. The van der Waals surface area contributed by atoms with Crippen LogP contribution in [0.15, 0.2) is 51.4 Å². The number of H-pyrrole nitrogens is 1. The average molecular weight is 486 g/mol. The van der Waals surface area contributed by atoms with Gasteiger partial charge in [0.2, 0.25) is 0 Å². The van der Waals surface area contributed by atoms with Crippen LogP contribution >= 0.6 is 0 Å². The second-order valence-corrected chi connectivity index (χ2v) is 8.90. The molecule has 0 amide bonds. The number of rotatable bonds is 13. The number of aromatic amines is 1. The maximum absolute atomic E-state index is 14.2. The summed E-state index contributed by atoms with van der Waals surface area (Å²) < 4.78 is 21.2. The molecule has 1 atom stereocenters. The lowest BCUT2D eigenvalue weighted by atomic mass is 9.90. The van der Waals surface area contributed by atoms with E-state index < -0.39 is 22.7 Å².